The number of ether oxygens (including phenoxy) is 1. The molecular weight excluding hydrogens is 406 g/mol. The third-order valence-corrected chi connectivity index (χ3v) is 5.92. The zero-order valence-electron chi connectivity index (χ0n) is 16.4. The first-order valence-electron chi connectivity index (χ1n) is 9.80. The molecule has 1 amide bonds. The fraction of sp³-hybridized carbons (Fsp3) is 0.273. The van der Waals surface area contributed by atoms with Gasteiger partial charge in [0.25, 0.3) is 5.91 Å². The zero-order valence-corrected chi connectivity index (χ0v) is 17.1. The number of halogens is 1. The van der Waals surface area contributed by atoms with Gasteiger partial charge in [0.05, 0.1) is 18.7 Å². The molecule has 1 atom stereocenters. The van der Waals surface area contributed by atoms with Crippen LogP contribution in [0.4, 0.5) is 0 Å². The van der Waals surface area contributed by atoms with Gasteiger partial charge in [0.15, 0.2) is 5.58 Å². The summed E-state index contributed by atoms with van der Waals surface area (Å²) >= 11 is 6.12. The van der Waals surface area contributed by atoms with Crippen LogP contribution in [-0.2, 0) is 0 Å². The number of carbonyl (C=O) groups excluding carboxylic acids is 1. The van der Waals surface area contributed by atoms with Gasteiger partial charge in [-0.15, -0.1) is 0 Å². The Morgan fingerprint density at radius 3 is 2.93 bits per heavy atom. The van der Waals surface area contributed by atoms with Crippen molar-refractivity contribution in [3.63, 3.8) is 0 Å². The maximum Gasteiger partial charge on any atom is 0.420 e. The number of methoxy groups -OCH3 is 1. The summed E-state index contributed by atoms with van der Waals surface area (Å²) in [7, 11) is 1.61. The summed E-state index contributed by atoms with van der Waals surface area (Å²) in [5.41, 5.74) is 2.52. The van der Waals surface area contributed by atoms with Crippen LogP contribution in [0.5, 0.6) is 5.75 Å². The van der Waals surface area contributed by atoms with Crippen molar-refractivity contribution in [2.45, 2.75) is 18.9 Å². The Hall–Kier alpha value is -3.19. The predicted molar refractivity (Wildman–Crippen MR) is 115 cm³/mol. The monoisotopic (exact) mass is 425 g/mol. The van der Waals surface area contributed by atoms with Gasteiger partial charge in [0, 0.05) is 35.1 Å². The van der Waals surface area contributed by atoms with Crippen LogP contribution >= 0.6 is 11.6 Å². The van der Waals surface area contributed by atoms with Gasteiger partial charge in [-0.2, -0.15) is 0 Å². The number of fused-ring (bicyclic) bond motifs is 2. The van der Waals surface area contributed by atoms with E-state index in [0.717, 1.165) is 29.5 Å². The number of H-pyrrole nitrogens is 1. The molecule has 2 aromatic carbocycles. The molecule has 4 aromatic rings. The molecule has 1 N–H and O–H groups in total. The van der Waals surface area contributed by atoms with Crippen LogP contribution in [0.1, 0.15) is 29.4 Å². The van der Waals surface area contributed by atoms with E-state index in [1.54, 1.807) is 34.8 Å². The lowest BCUT2D eigenvalue weighted by Gasteiger charge is -2.32. The van der Waals surface area contributed by atoms with E-state index in [1.165, 1.54) is 0 Å². The second-order valence-electron chi connectivity index (χ2n) is 7.53. The predicted octanol–water partition coefficient (Wildman–Crippen LogP) is 4.22. The summed E-state index contributed by atoms with van der Waals surface area (Å²) in [6.45, 7) is 1.07. The van der Waals surface area contributed by atoms with Crippen molar-refractivity contribution >= 4 is 39.5 Å². The summed E-state index contributed by atoms with van der Waals surface area (Å²) in [5.74, 6) is 0.212. The van der Waals surface area contributed by atoms with Gasteiger partial charge >= 0.3 is 5.76 Å². The molecule has 5 rings (SSSR count). The molecule has 0 unspecified atom stereocenters. The molecule has 1 saturated heterocycles. The average Bonchev–Trinajstić information content (AvgIpc) is 3.32. The van der Waals surface area contributed by atoms with E-state index in [-0.39, 0.29) is 11.9 Å². The number of nitrogens with one attached hydrogen (secondary N) is 1. The van der Waals surface area contributed by atoms with Gasteiger partial charge in [0.1, 0.15) is 11.4 Å². The van der Waals surface area contributed by atoms with Gasteiger partial charge in [-0.05, 0) is 49.2 Å². The van der Waals surface area contributed by atoms with Gasteiger partial charge in [-0.3, -0.25) is 9.36 Å². The molecule has 0 spiro atoms. The number of nitrogens with zero attached hydrogens (tertiary/aromatic N) is 2. The van der Waals surface area contributed by atoms with Crippen molar-refractivity contribution < 1.29 is 13.9 Å². The minimum atomic E-state index is -0.427. The molecule has 8 heteroatoms. The highest BCUT2D eigenvalue weighted by atomic mass is 35.5. The quantitative estimate of drug-likeness (QED) is 0.533. The zero-order chi connectivity index (χ0) is 20.8. The summed E-state index contributed by atoms with van der Waals surface area (Å²) in [6.07, 6.45) is 1.58. The first-order chi connectivity index (χ1) is 14.5. The Labute approximate surface area is 176 Å². The van der Waals surface area contributed by atoms with Crippen molar-refractivity contribution in [2.75, 3.05) is 20.2 Å². The molecule has 7 nitrogen and oxygen atoms in total. The number of oxazole rings is 1. The molecular formula is C22H20ClN3O4. The van der Waals surface area contributed by atoms with Crippen LogP contribution in [0.2, 0.25) is 5.02 Å². The Morgan fingerprint density at radius 2 is 2.10 bits per heavy atom. The third-order valence-electron chi connectivity index (χ3n) is 5.68. The largest absolute Gasteiger partial charge is 0.497 e. The minimum absolute atomic E-state index is 0.0891. The number of aromatic amines is 1. The maximum absolute atomic E-state index is 13.2. The first kappa shape index (κ1) is 18.8. The van der Waals surface area contributed by atoms with Crippen LogP contribution in [0.25, 0.3) is 22.0 Å². The van der Waals surface area contributed by atoms with E-state index in [4.69, 9.17) is 20.8 Å². The number of benzene rings is 2. The van der Waals surface area contributed by atoms with Crippen molar-refractivity contribution in [1.82, 2.24) is 14.5 Å². The lowest BCUT2D eigenvalue weighted by Crippen LogP contribution is -2.42. The highest BCUT2D eigenvalue weighted by Crippen LogP contribution is 2.28. The molecule has 1 fully saturated rings. The summed E-state index contributed by atoms with van der Waals surface area (Å²) in [4.78, 5) is 30.7. The summed E-state index contributed by atoms with van der Waals surface area (Å²) in [6, 6.07) is 12.4. The fourth-order valence-electron chi connectivity index (χ4n) is 4.22. The molecule has 0 radical (unpaired) electrons. The van der Waals surface area contributed by atoms with Crippen molar-refractivity contribution in [1.29, 1.82) is 0 Å². The molecule has 1 aliphatic heterocycles. The normalized spacial score (nSPS) is 17.0. The smallest absolute Gasteiger partial charge is 0.420 e. The molecule has 154 valence electrons. The van der Waals surface area contributed by atoms with Crippen molar-refractivity contribution in [3.05, 3.63) is 63.7 Å². The Bertz CT molecular complexity index is 1320. The number of likely N-dealkylation sites (tertiary alicyclic amines) is 1. The molecule has 0 aliphatic carbocycles. The minimum Gasteiger partial charge on any atom is -0.497 e. The van der Waals surface area contributed by atoms with E-state index >= 15 is 0 Å². The third kappa shape index (κ3) is 3.15. The van der Waals surface area contributed by atoms with Crippen LogP contribution in [0.3, 0.4) is 0 Å². The van der Waals surface area contributed by atoms with Gasteiger partial charge in [-0.1, -0.05) is 11.6 Å². The van der Waals surface area contributed by atoms with Crippen molar-refractivity contribution in [3.8, 4) is 5.75 Å². The van der Waals surface area contributed by atoms with Gasteiger partial charge < -0.3 is 19.0 Å². The van der Waals surface area contributed by atoms with Gasteiger partial charge in [0.2, 0.25) is 0 Å². The van der Waals surface area contributed by atoms with Crippen LogP contribution in [-0.4, -0.2) is 40.6 Å². The average molecular weight is 426 g/mol. The van der Waals surface area contributed by atoms with Crippen LogP contribution < -0.4 is 10.5 Å². The molecule has 0 bridgehead atoms. The number of hydrogen-bond acceptors (Lipinski definition) is 4. The number of carbonyl (C=O) groups is 1. The number of rotatable bonds is 3. The van der Waals surface area contributed by atoms with E-state index in [2.05, 4.69) is 4.98 Å². The first-order valence-corrected chi connectivity index (χ1v) is 10.2. The Kier molecular flexibility index (Phi) is 4.55. The van der Waals surface area contributed by atoms with Crippen LogP contribution in [0, 0.1) is 0 Å². The van der Waals surface area contributed by atoms with Crippen LogP contribution in [0.15, 0.2) is 51.7 Å². The van der Waals surface area contributed by atoms with E-state index in [1.807, 2.05) is 24.3 Å². The second-order valence-corrected chi connectivity index (χ2v) is 7.97. The highest BCUT2D eigenvalue weighted by molar-refractivity contribution is 6.31. The number of aromatic nitrogens is 2. The van der Waals surface area contributed by atoms with E-state index < -0.39 is 5.76 Å². The topological polar surface area (TPSA) is 80.5 Å². The lowest BCUT2D eigenvalue weighted by molar-refractivity contribution is 0.0672. The molecule has 2 aromatic heterocycles. The van der Waals surface area contributed by atoms with Crippen molar-refractivity contribution in [2.24, 2.45) is 0 Å². The summed E-state index contributed by atoms with van der Waals surface area (Å²) in [5, 5.41) is 1.48. The lowest BCUT2D eigenvalue weighted by atomic mass is 10.0. The fourth-order valence-corrected chi connectivity index (χ4v) is 4.39. The molecule has 3 heterocycles. The molecule has 1 aliphatic rings. The van der Waals surface area contributed by atoms with E-state index in [9.17, 15) is 9.59 Å². The van der Waals surface area contributed by atoms with E-state index in [0.29, 0.717) is 34.9 Å². The second kappa shape index (κ2) is 7.25. The summed E-state index contributed by atoms with van der Waals surface area (Å²) < 4.78 is 12.3. The van der Waals surface area contributed by atoms with Gasteiger partial charge in [-0.25, -0.2) is 4.79 Å². The number of piperidine rings is 1. The highest BCUT2D eigenvalue weighted by Gasteiger charge is 2.29. The number of hydrogen-bond donors (Lipinski definition) is 1. The SMILES string of the molecule is COc1ccc2cc(C(=O)N3CCC[C@@H](n4c(=O)oc5ccc(Cl)cc54)C3)[nH]c2c1. The number of amides is 1. The Balaban J connectivity index is 1.44. The standard InChI is InChI=1S/C22H20ClN3O4/c1-29-16-6-4-13-9-18(24-17(13)11-16)21(27)25-8-2-3-15(12-25)26-19-10-14(23)5-7-20(19)30-22(26)28/h4-7,9-11,15,24H,2-3,8,12H2,1H3/t15-/m1/s1. The maximum atomic E-state index is 13.2. The Morgan fingerprint density at radius 1 is 1.23 bits per heavy atom. The molecule has 0 saturated carbocycles. The molecule has 30 heavy (non-hydrogen) atoms.